The van der Waals surface area contributed by atoms with Crippen LogP contribution in [0.4, 0.5) is 0 Å². The number of carbonyl (C=O) groups is 1. The number of fused-ring (bicyclic) bond motifs is 2. The summed E-state index contributed by atoms with van der Waals surface area (Å²) in [6, 6.07) is 18.0. The fourth-order valence-electron chi connectivity index (χ4n) is 5.24. The van der Waals surface area contributed by atoms with Crippen LogP contribution in [0.15, 0.2) is 54.6 Å². The normalized spacial score (nSPS) is 26.7. The summed E-state index contributed by atoms with van der Waals surface area (Å²) in [6.45, 7) is 2.11. The van der Waals surface area contributed by atoms with Crippen molar-refractivity contribution >= 4 is 5.97 Å². The number of piperidine rings is 1. The summed E-state index contributed by atoms with van der Waals surface area (Å²) in [7, 11) is 2.15. The molecule has 2 aromatic carbocycles. The molecule has 4 rings (SSSR count). The second-order valence-electron chi connectivity index (χ2n) is 9.03. The van der Waals surface area contributed by atoms with E-state index in [4.69, 9.17) is 4.74 Å². The molecule has 2 aliphatic rings. The van der Waals surface area contributed by atoms with E-state index in [2.05, 4.69) is 11.9 Å². The van der Waals surface area contributed by atoms with E-state index in [0.29, 0.717) is 30.0 Å². The molecule has 2 heterocycles. The monoisotopic (exact) mass is 409 g/mol. The highest BCUT2D eigenvalue weighted by atomic mass is 16.5. The zero-order valence-electron chi connectivity index (χ0n) is 17.7. The Morgan fingerprint density at radius 1 is 1.10 bits per heavy atom. The van der Waals surface area contributed by atoms with Gasteiger partial charge in [-0.2, -0.15) is 0 Å². The van der Waals surface area contributed by atoms with Crippen molar-refractivity contribution in [3.05, 3.63) is 65.7 Å². The molecule has 2 N–H and O–H groups in total. The van der Waals surface area contributed by atoms with Crippen molar-refractivity contribution in [1.82, 2.24) is 4.90 Å². The molecular weight excluding hydrogens is 378 g/mol. The first-order valence-corrected chi connectivity index (χ1v) is 10.8. The smallest absolute Gasteiger partial charge is 0.316 e. The van der Waals surface area contributed by atoms with E-state index in [-0.39, 0.29) is 5.92 Å². The zero-order chi connectivity index (χ0) is 21.3. The number of carboxylic acid groups (broad SMARTS) is 1. The maximum atomic E-state index is 12.3. The summed E-state index contributed by atoms with van der Waals surface area (Å²) in [6.07, 6.45) is 3.07. The Kier molecular flexibility index (Phi) is 5.85. The van der Waals surface area contributed by atoms with Gasteiger partial charge in [-0.3, -0.25) is 4.79 Å². The van der Waals surface area contributed by atoms with Crippen LogP contribution in [0.2, 0.25) is 0 Å². The Bertz CT molecular complexity index is 854. The second kappa shape index (κ2) is 8.40. The largest absolute Gasteiger partial charge is 0.489 e. The first-order chi connectivity index (χ1) is 14.4. The van der Waals surface area contributed by atoms with Crippen molar-refractivity contribution in [2.24, 2.45) is 5.92 Å². The minimum absolute atomic E-state index is 0.00573. The van der Waals surface area contributed by atoms with Gasteiger partial charge < -0.3 is 19.8 Å². The van der Waals surface area contributed by atoms with Gasteiger partial charge in [-0.25, -0.2) is 0 Å². The Morgan fingerprint density at radius 2 is 1.70 bits per heavy atom. The van der Waals surface area contributed by atoms with Crippen molar-refractivity contribution in [3.63, 3.8) is 0 Å². The predicted molar refractivity (Wildman–Crippen MR) is 116 cm³/mol. The van der Waals surface area contributed by atoms with E-state index in [1.165, 1.54) is 0 Å². The maximum Gasteiger partial charge on any atom is 0.316 e. The molecule has 160 valence electrons. The molecule has 30 heavy (non-hydrogen) atoms. The van der Waals surface area contributed by atoms with Crippen LogP contribution >= 0.6 is 0 Å². The van der Waals surface area contributed by atoms with E-state index < -0.39 is 17.5 Å². The average molecular weight is 410 g/mol. The van der Waals surface area contributed by atoms with Crippen LogP contribution in [0.25, 0.3) is 0 Å². The zero-order valence-corrected chi connectivity index (χ0v) is 17.7. The molecule has 2 aliphatic heterocycles. The Morgan fingerprint density at radius 3 is 2.27 bits per heavy atom. The van der Waals surface area contributed by atoms with Crippen LogP contribution in [0.1, 0.15) is 43.7 Å². The maximum absolute atomic E-state index is 12.3. The minimum Gasteiger partial charge on any atom is -0.489 e. The number of benzene rings is 2. The summed E-state index contributed by atoms with van der Waals surface area (Å²) < 4.78 is 5.83. The molecule has 0 spiro atoms. The fraction of sp³-hybridized carbons (Fsp3) is 0.480. The Labute approximate surface area is 178 Å². The van der Waals surface area contributed by atoms with Gasteiger partial charge in [0.2, 0.25) is 0 Å². The quantitative estimate of drug-likeness (QED) is 0.727. The highest BCUT2D eigenvalue weighted by Gasteiger charge is 2.50. The number of hydrogen-bond donors (Lipinski definition) is 2. The van der Waals surface area contributed by atoms with Gasteiger partial charge in [0.15, 0.2) is 0 Å². The molecule has 2 fully saturated rings. The highest BCUT2D eigenvalue weighted by molar-refractivity contribution is 5.82. The minimum atomic E-state index is -1.35. The highest BCUT2D eigenvalue weighted by Crippen LogP contribution is 2.43. The molecule has 0 amide bonds. The first-order valence-electron chi connectivity index (χ1n) is 10.8. The number of ether oxygens (including phenoxy) is 1. The molecule has 0 aliphatic carbocycles. The van der Waals surface area contributed by atoms with E-state index in [1.807, 2.05) is 30.3 Å². The number of aliphatic carboxylic acids is 1. The van der Waals surface area contributed by atoms with Crippen LogP contribution in [0.3, 0.4) is 0 Å². The lowest BCUT2D eigenvalue weighted by molar-refractivity contribution is -0.150. The van der Waals surface area contributed by atoms with Gasteiger partial charge in [-0.15, -0.1) is 0 Å². The van der Waals surface area contributed by atoms with Crippen molar-refractivity contribution in [2.45, 2.75) is 62.8 Å². The molecule has 0 aromatic heterocycles. The van der Waals surface area contributed by atoms with Gasteiger partial charge in [0.25, 0.3) is 0 Å². The molecule has 5 nitrogen and oxygen atoms in total. The number of hydrogen-bond acceptors (Lipinski definition) is 4. The van der Waals surface area contributed by atoms with E-state index in [1.54, 1.807) is 31.2 Å². The summed E-state index contributed by atoms with van der Waals surface area (Å²) in [5.74, 6) is -0.310. The molecule has 2 bridgehead atoms. The third-order valence-electron chi connectivity index (χ3n) is 7.32. The lowest BCUT2D eigenvalue weighted by Gasteiger charge is -2.42. The topological polar surface area (TPSA) is 70.0 Å². The number of aliphatic hydroxyl groups excluding tert-OH is 1. The predicted octanol–water partition coefficient (Wildman–Crippen LogP) is 3.84. The van der Waals surface area contributed by atoms with Crippen LogP contribution in [0.5, 0.6) is 5.75 Å². The number of rotatable bonds is 7. The second-order valence-corrected chi connectivity index (χ2v) is 9.03. The fourth-order valence-corrected chi connectivity index (χ4v) is 5.24. The van der Waals surface area contributed by atoms with Crippen molar-refractivity contribution in [3.8, 4) is 5.75 Å². The van der Waals surface area contributed by atoms with E-state index >= 15 is 0 Å². The van der Waals surface area contributed by atoms with E-state index in [9.17, 15) is 15.0 Å². The molecule has 0 radical (unpaired) electrons. The average Bonchev–Trinajstić information content (AvgIpc) is 2.97. The lowest BCUT2D eigenvalue weighted by Crippen LogP contribution is -2.52. The molecule has 2 unspecified atom stereocenters. The molecule has 2 saturated heterocycles. The van der Waals surface area contributed by atoms with Crippen LogP contribution in [-0.4, -0.2) is 46.3 Å². The van der Waals surface area contributed by atoms with Crippen molar-refractivity contribution < 1.29 is 19.7 Å². The van der Waals surface area contributed by atoms with Crippen molar-refractivity contribution in [2.75, 3.05) is 7.05 Å². The number of nitrogens with zero attached hydrogens (tertiary/aromatic N) is 1. The van der Waals surface area contributed by atoms with Gasteiger partial charge in [-0.1, -0.05) is 42.5 Å². The van der Waals surface area contributed by atoms with Gasteiger partial charge in [0.1, 0.15) is 17.8 Å². The van der Waals surface area contributed by atoms with Gasteiger partial charge in [0.05, 0.1) is 6.10 Å². The summed E-state index contributed by atoms with van der Waals surface area (Å²) >= 11 is 0. The summed E-state index contributed by atoms with van der Waals surface area (Å²) in [5.41, 5.74) is 0.336. The summed E-state index contributed by atoms with van der Waals surface area (Å²) in [4.78, 5) is 14.7. The molecule has 0 saturated carbocycles. The number of aliphatic hydroxyl groups is 1. The van der Waals surface area contributed by atoms with Crippen LogP contribution < -0.4 is 4.74 Å². The number of carboxylic acids is 1. The lowest BCUT2D eigenvalue weighted by atomic mass is 9.69. The molecule has 5 heteroatoms. The third kappa shape index (κ3) is 3.84. The Balaban J connectivity index is 1.49. The molecule has 5 atom stereocenters. The molecular formula is C25H31NO4. The van der Waals surface area contributed by atoms with Gasteiger partial charge in [-0.05, 0) is 68.8 Å². The van der Waals surface area contributed by atoms with Crippen LogP contribution in [0, 0.1) is 5.92 Å². The molecule has 2 aromatic rings. The van der Waals surface area contributed by atoms with Gasteiger partial charge in [0, 0.05) is 12.1 Å². The summed E-state index contributed by atoms with van der Waals surface area (Å²) in [5, 5.41) is 21.4. The Hall–Kier alpha value is -2.37. The first kappa shape index (κ1) is 20.9. The van der Waals surface area contributed by atoms with Crippen LogP contribution in [-0.2, 0) is 16.8 Å². The van der Waals surface area contributed by atoms with Gasteiger partial charge >= 0.3 is 5.97 Å². The van der Waals surface area contributed by atoms with E-state index in [0.717, 1.165) is 31.2 Å². The standard InChI is InChI=1S/C25H31NO4/c1-25(24(28)29,23(27)18-14-20-10-11-21(15-18)26(20)2)19-8-12-22(13-9-19)30-16-17-6-4-3-5-7-17/h3-9,12-13,18,20-21,23,27H,10-11,14-16H2,1-2H3,(H,28,29)/t18?,20-,21+,23-,25?/m1/s1. The third-order valence-corrected chi connectivity index (χ3v) is 7.32. The SMILES string of the molecule is CN1[C@@H]2CC[C@H]1CC([C@@H](O)C(C)(C(=O)O)c1ccc(OCc3ccccc3)cc1)C2. The van der Waals surface area contributed by atoms with Crippen molar-refractivity contribution in [1.29, 1.82) is 0 Å².